The highest BCUT2D eigenvalue weighted by Gasteiger charge is 2.20. The summed E-state index contributed by atoms with van der Waals surface area (Å²) in [6.45, 7) is 4.32. The van der Waals surface area contributed by atoms with Gasteiger partial charge in [-0.2, -0.15) is 11.3 Å². The third kappa shape index (κ3) is 6.18. The average molecular weight is 471 g/mol. The van der Waals surface area contributed by atoms with Gasteiger partial charge in [-0.1, -0.05) is 18.2 Å². The van der Waals surface area contributed by atoms with E-state index in [1.165, 1.54) is 30.4 Å². The fourth-order valence-electron chi connectivity index (χ4n) is 2.51. The number of nitrogens with one attached hydrogen (secondary N) is 2. The summed E-state index contributed by atoms with van der Waals surface area (Å²) < 4.78 is 6.09. The van der Waals surface area contributed by atoms with Crippen LogP contribution in [0, 0.1) is 0 Å². The van der Waals surface area contributed by atoms with Crippen molar-refractivity contribution in [2.45, 2.75) is 45.4 Å². The lowest BCUT2D eigenvalue weighted by atomic mass is 9.96. The van der Waals surface area contributed by atoms with E-state index in [1.54, 1.807) is 11.3 Å². The maximum atomic E-state index is 6.09. The van der Waals surface area contributed by atoms with E-state index in [0.29, 0.717) is 19.2 Å². The minimum atomic E-state index is 0. The molecule has 0 aliphatic heterocycles. The first-order valence-electron chi connectivity index (χ1n) is 8.63. The van der Waals surface area contributed by atoms with Gasteiger partial charge in [0.2, 0.25) is 0 Å². The Kier molecular flexibility index (Phi) is 8.54. The van der Waals surface area contributed by atoms with E-state index < -0.39 is 0 Å². The molecule has 1 heterocycles. The number of halogens is 1. The molecule has 1 saturated carbocycles. The molecular weight excluding hydrogens is 445 g/mol. The number of hydrogen-bond acceptors (Lipinski definition) is 3. The van der Waals surface area contributed by atoms with Crippen LogP contribution in [0.2, 0.25) is 0 Å². The van der Waals surface area contributed by atoms with Gasteiger partial charge >= 0.3 is 0 Å². The summed E-state index contributed by atoms with van der Waals surface area (Å²) in [5.74, 6) is 1.82. The van der Waals surface area contributed by atoms with Crippen LogP contribution in [0.4, 0.5) is 0 Å². The van der Waals surface area contributed by atoms with Crippen molar-refractivity contribution in [2.75, 3.05) is 6.54 Å². The number of ether oxygens (including phenoxy) is 1. The van der Waals surface area contributed by atoms with Gasteiger partial charge in [0.1, 0.15) is 5.75 Å². The maximum Gasteiger partial charge on any atom is 0.191 e. The van der Waals surface area contributed by atoms with E-state index in [-0.39, 0.29) is 24.0 Å². The van der Waals surface area contributed by atoms with E-state index in [4.69, 9.17) is 4.74 Å². The first kappa shape index (κ1) is 20.0. The molecule has 0 radical (unpaired) electrons. The van der Waals surface area contributed by atoms with Crippen LogP contribution >= 0.6 is 35.3 Å². The molecule has 1 fully saturated rings. The van der Waals surface area contributed by atoms with Gasteiger partial charge in [-0.25, -0.2) is 4.99 Å². The fourth-order valence-corrected chi connectivity index (χ4v) is 3.17. The number of rotatable bonds is 7. The highest BCUT2D eigenvalue weighted by Crippen LogP contribution is 2.27. The molecular formula is C19H26IN3OS. The number of para-hydroxylation sites is 1. The lowest BCUT2D eigenvalue weighted by Crippen LogP contribution is -2.37. The Morgan fingerprint density at radius 3 is 2.76 bits per heavy atom. The van der Waals surface area contributed by atoms with Crippen LogP contribution in [0.15, 0.2) is 46.1 Å². The molecule has 0 saturated heterocycles. The maximum absolute atomic E-state index is 6.09. The summed E-state index contributed by atoms with van der Waals surface area (Å²) in [4.78, 5) is 4.65. The van der Waals surface area contributed by atoms with Crippen molar-refractivity contribution in [1.29, 1.82) is 0 Å². The summed E-state index contributed by atoms with van der Waals surface area (Å²) >= 11 is 1.70. The molecule has 1 aliphatic carbocycles. The molecule has 2 aromatic rings. The minimum Gasteiger partial charge on any atom is -0.490 e. The number of thiophene rings is 1. The Bertz CT molecular complexity index is 656. The van der Waals surface area contributed by atoms with Gasteiger partial charge in [-0.05, 0) is 54.6 Å². The van der Waals surface area contributed by atoms with Crippen molar-refractivity contribution < 1.29 is 4.74 Å². The Morgan fingerprint density at radius 2 is 2.08 bits per heavy atom. The van der Waals surface area contributed by atoms with E-state index >= 15 is 0 Å². The van der Waals surface area contributed by atoms with Crippen LogP contribution in [0.5, 0.6) is 5.75 Å². The van der Waals surface area contributed by atoms with E-state index in [1.807, 2.05) is 6.07 Å². The third-order valence-corrected chi connectivity index (χ3v) is 4.84. The molecule has 6 heteroatoms. The van der Waals surface area contributed by atoms with E-state index in [9.17, 15) is 0 Å². The van der Waals surface area contributed by atoms with Gasteiger partial charge in [-0.15, -0.1) is 24.0 Å². The average Bonchev–Trinajstić information content (AvgIpc) is 3.08. The zero-order chi connectivity index (χ0) is 16.6. The topological polar surface area (TPSA) is 45.7 Å². The zero-order valence-corrected chi connectivity index (χ0v) is 17.7. The minimum absolute atomic E-state index is 0. The second kappa shape index (κ2) is 10.7. The lowest BCUT2D eigenvalue weighted by Gasteiger charge is -2.27. The molecule has 4 nitrogen and oxygen atoms in total. The summed E-state index contributed by atoms with van der Waals surface area (Å²) in [7, 11) is 0. The zero-order valence-electron chi connectivity index (χ0n) is 14.5. The quantitative estimate of drug-likeness (QED) is 0.354. The normalized spacial score (nSPS) is 14.4. The highest BCUT2D eigenvalue weighted by molar-refractivity contribution is 14.0. The fraction of sp³-hybridized carbons (Fsp3) is 0.421. The monoisotopic (exact) mass is 471 g/mol. The molecule has 0 amide bonds. The molecule has 1 aliphatic rings. The molecule has 2 N–H and O–H groups in total. The molecule has 0 unspecified atom stereocenters. The molecule has 136 valence electrons. The smallest absolute Gasteiger partial charge is 0.191 e. The number of benzene rings is 1. The van der Waals surface area contributed by atoms with Crippen LogP contribution in [-0.2, 0) is 13.1 Å². The first-order chi connectivity index (χ1) is 11.8. The lowest BCUT2D eigenvalue weighted by molar-refractivity contribution is 0.119. The second-order valence-corrected chi connectivity index (χ2v) is 6.74. The molecule has 0 spiro atoms. The Balaban J connectivity index is 0.00000225. The van der Waals surface area contributed by atoms with Crippen molar-refractivity contribution in [3.8, 4) is 5.75 Å². The standard InChI is InChI=1S/C19H25N3OS.HI/c1-2-20-19(21-12-15-10-11-24-14-15)22-13-16-6-3-4-9-18(16)23-17-7-5-8-17;/h3-4,6,9-11,14,17H,2,5,7-8,12-13H2,1H3,(H2,20,21,22);1H. The van der Waals surface area contributed by atoms with Crippen molar-refractivity contribution in [1.82, 2.24) is 10.6 Å². The van der Waals surface area contributed by atoms with Crippen LogP contribution in [0.25, 0.3) is 0 Å². The summed E-state index contributed by atoms with van der Waals surface area (Å²) in [6.07, 6.45) is 4.02. The molecule has 1 aromatic heterocycles. The Hall–Kier alpha value is -1.28. The van der Waals surface area contributed by atoms with Crippen LogP contribution in [-0.4, -0.2) is 18.6 Å². The second-order valence-electron chi connectivity index (χ2n) is 5.96. The summed E-state index contributed by atoms with van der Waals surface area (Å²) in [5.41, 5.74) is 2.41. The van der Waals surface area contributed by atoms with Gasteiger partial charge in [-0.3, -0.25) is 0 Å². The van der Waals surface area contributed by atoms with Gasteiger partial charge in [0.25, 0.3) is 0 Å². The predicted molar refractivity (Wildman–Crippen MR) is 116 cm³/mol. The molecule has 1 aromatic carbocycles. The predicted octanol–water partition coefficient (Wildman–Crippen LogP) is 4.55. The molecule has 0 atom stereocenters. The van der Waals surface area contributed by atoms with E-state index in [0.717, 1.165) is 18.3 Å². The number of hydrogen-bond donors (Lipinski definition) is 2. The molecule has 3 rings (SSSR count). The summed E-state index contributed by atoms with van der Waals surface area (Å²) in [5, 5.41) is 10.9. The first-order valence-corrected chi connectivity index (χ1v) is 9.57. The third-order valence-electron chi connectivity index (χ3n) is 4.11. The van der Waals surface area contributed by atoms with Gasteiger partial charge in [0, 0.05) is 18.7 Å². The number of guanidine groups is 1. The van der Waals surface area contributed by atoms with Crippen molar-refractivity contribution in [2.24, 2.45) is 4.99 Å². The van der Waals surface area contributed by atoms with Crippen LogP contribution in [0.1, 0.15) is 37.3 Å². The molecule has 0 bridgehead atoms. The summed E-state index contributed by atoms with van der Waals surface area (Å²) in [6, 6.07) is 10.4. The van der Waals surface area contributed by atoms with Crippen molar-refractivity contribution in [3.63, 3.8) is 0 Å². The van der Waals surface area contributed by atoms with Crippen LogP contribution in [0.3, 0.4) is 0 Å². The molecule has 25 heavy (non-hydrogen) atoms. The number of nitrogens with zero attached hydrogens (tertiary/aromatic N) is 1. The van der Waals surface area contributed by atoms with Gasteiger partial charge in [0.15, 0.2) is 5.96 Å². The van der Waals surface area contributed by atoms with Crippen molar-refractivity contribution in [3.05, 3.63) is 52.2 Å². The SMILES string of the molecule is CCNC(=NCc1ccsc1)NCc1ccccc1OC1CCC1.I. The largest absolute Gasteiger partial charge is 0.490 e. The van der Waals surface area contributed by atoms with Crippen LogP contribution < -0.4 is 15.4 Å². The number of aliphatic imine (C=N–C) groups is 1. The highest BCUT2D eigenvalue weighted by atomic mass is 127. The van der Waals surface area contributed by atoms with Gasteiger partial charge in [0.05, 0.1) is 12.6 Å². The van der Waals surface area contributed by atoms with Crippen molar-refractivity contribution >= 4 is 41.3 Å². The Labute approximate surface area is 171 Å². The Morgan fingerprint density at radius 1 is 1.24 bits per heavy atom. The van der Waals surface area contributed by atoms with Gasteiger partial charge < -0.3 is 15.4 Å². The van der Waals surface area contributed by atoms with E-state index in [2.05, 4.69) is 57.6 Å².